The van der Waals surface area contributed by atoms with Crippen molar-refractivity contribution in [3.05, 3.63) is 18.0 Å². The van der Waals surface area contributed by atoms with Gasteiger partial charge in [0.15, 0.2) is 0 Å². The Kier molecular flexibility index (Phi) is 4.60. The number of ether oxygens (including phenoxy) is 1. The molecule has 19 heavy (non-hydrogen) atoms. The van der Waals surface area contributed by atoms with E-state index in [-0.39, 0.29) is 12.1 Å². The average Bonchev–Trinajstić information content (AvgIpc) is 2.84. The van der Waals surface area contributed by atoms with Gasteiger partial charge in [0.25, 0.3) is 0 Å². The van der Waals surface area contributed by atoms with Crippen molar-refractivity contribution >= 4 is 0 Å². The van der Waals surface area contributed by atoms with Crippen LogP contribution in [0.1, 0.15) is 45.3 Å². The highest BCUT2D eigenvalue weighted by molar-refractivity contribution is 5.12. The molecule has 0 saturated carbocycles. The van der Waals surface area contributed by atoms with E-state index in [2.05, 4.69) is 43.9 Å². The van der Waals surface area contributed by atoms with Crippen molar-refractivity contribution in [1.29, 1.82) is 0 Å². The predicted octanol–water partition coefficient (Wildman–Crippen LogP) is 1.57. The monoisotopic (exact) mass is 266 g/mol. The summed E-state index contributed by atoms with van der Waals surface area (Å²) in [5.74, 6) is 0. The number of nitrogens with zero attached hydrogens (tertiary/aromatic N) is 3. The standard InChI is InChI=1S/C14H26N4O/c1-10(2)18-8-13(6-16-18)14(5-15)17-7-12(4)19-9-11(17)3/h6,8,10-12,14H,5,7,9,15H2,1-4H3. The second-order valence-electron chi connectivity index (χ2n) is 5.79. The first kappa shape index (κ1) is 14.5. The molecule has 2 rings (SSSR count). The van der Waals surface area contributed by atoms with Crippen molar-refractivity contribution in [3.63, 3.8) is 0 Å². The molecule has 0 spiro atoms. The van der Waals surface area contributed by atoms with Gasteiger partial charge in [-0.1, -0.05) is 0 Å². The average molecular weight is 266 g/mol. The van der Waals surface area contributed by atoms with E-state index >= 15 is 0 Å². The van der Waals surface area contributed by atoms with E-state index in [1.807, 2.05) is 10.9 Å². The van der Waals surface area contributed by atoms with E-state index in [1.54, 1.807) is 0 Å². The largest absolute Gasteiger partial charge is 0.376 e. The normalized spacial score (nSPS) is 26.8. The van der Waals surface area contributed by atoms with Gasteiger partial charge in [0.05, 0.1) is 24.9 Å². The van der Waals surface area contributed by atoms with Crippen LogP contribution < -0.4 is 5.73 Å². The molecule has 5 heteroatoms. The number of nitrogens with two attached hydrogens (primary N) is 1. The van der Waals surface area contributed by atoms with E-state index in [1.165, 1.54) is 5.56 Å². The molecular weight excluding hydrogens is 240 g/mol. The van der Waals surface area contributed by atoms with Crippen LogP contribution in [0, 0.1) is 0 Å². The van der Waals surface area contributed by atoms with Crippen LogP contribution in [0.3, 0.4) is 0 Å². The van der Waals surface area contributed by atoms with Gasteiger partial charge in [-0.05, 0) is 27.7 Å². The molecule has 1 aromatic heterocycles. The first-order valence-corrected chi connectivity index (χ1v) is 7.14. The van der Waals surface area contributed by atoms with Crippen molar-refractivity contribution < 1.29 is 4.74 Å². The SMILES string of the molecule is CC1CN(C(CN)c2cnn(C(C)C)c2)C(C)CO1. The lowest BCUT2D eigenvalue weighted by atomic mass is 10.1. The maximum Gasteiger partial charge on any atom is 0.0675 e. The summed E-state index contributed by atoms with van der Waals surface area (Å²) < 4.78 is 7.68. The van der Waals surface area contributed by atoms with Crippen LogP contribution in [0.2, 0.25) is 0 Å². The molecule has 0 radical (unpaired) electrons. The van der Waals surface area contributed by atoms with Gasteiger partial charge >= 0.3 is 0 Å². The Hall–Kier alpha value is -0.910. The summed E-state index contributed by atoms with van der Waals surface area (Å²) in [4.78, 5) is 2.44. The third kappa shape index (κ3) is 3.16. The molecule has 3 atom stereocenters. The second kappa shape index (κ2) is 6.03. The number of hydrogen-bond donors (Lipinski definition) is 1. The van der Waals surface area contributed by atoms with Gasteiger partial charge < -0.3 is 10.5 Å². The smallest absolute Gasteiger partial charge is 0.0675 e. The minimum atomic E-state index is 0.230. The number of morpholine rings is 1. The summed E-state index contributed by atoms with van der Waals surface area (Å²) in [6.07, 6.45) is 4.34. The summed E-state index contributed by atoms with van der Waals surface area (Å²) in [6.45, 7) is 10.9. The first-order chi connectivity index (χ1) is 9.02. The third-order valence-electron chi connectivity index (χ3n) is 3.81. The van der Waals surface area contributed by atoms with Crippen LogP contribution >= 0.6 is 0 Å². The minimum Gasteiger partial charge on any atom is -0.376 e. The van der Waals surface area contributed by atoms with E-state index in [0.29, 0.717) is 18.6 Å². The van der Waals surface area contributed by atoms with Gasteiger partial charge in [0.1, 0.15) is 0 Å². The minimum absolute atomic E-state index is 0.230. The van der Waals surface area contributed by atoms with Crippen molar-refractivity contribution in [3.8, 4) is 0 Å². The zero-order valence-electron chi connectivity index (χ0n) is 12.4. The fourth-order valence-electron chi connectivity index (χ4n) is 2.63. The zero-order chi connectivity index (χ0) is 14.0. The molecule has 0 aromatic carbocycles. The highest BCUT2D eigenvalue weighted by Crippen LogP contribution is 2.25. The highest BCUT2D eigenvalue weighted by Gasteiger charge is 2.30. The Balaban J connectivity index is 2.17. The zero-order valence-corrected chi connectivity index (χ0v) is 12.4. The molecule has 1 fully saturated rings. The van der Waals surface area contributed by atoms with Crippen molar-refractivity contribution in [2.24, 2.45) is 5.73 Å². The summed E-state index contributed by atoms with van der Waals surface area (Å²) in [7, 11) is 0. The van der Waals surface area contributed by atoms with Gasteiger partial charge in [-0.3, -0.25) is 9.58 Å². The number of hydrogen-bond acceptors (Lipinski definition) is 4. The van der Waals surface area contributed by atoms with Gasteiger partial charge in [-0.15, -0.1) is 0 Å². The van der Waals surface area contributed by atoms with Crippen molar-refractivity contribution in [2.45, 2.75) is 51.9 Å². The molecule has 1 aliphatic rings. The second-order valence-corrected chi connectivity index (χ2v) is 5.79. The topological polar surface area (TPSA) is 56.3 Å². The number of aromatic nitrogens is 2. The molecule has 1 aromatic rings. The van der Waals surface area contributed by atoms with Crippen molar-refractivity contribution in [1.82, 2.24) is 14.7 Å². The van der Waals surface area contributed by atoms with Crippen LogP contribution in [0.25, 0.3) is 0 Å². The van der Waals surface area contributed by atoms with Crippen LogP contribution in [0.4, 0.5) is 0 Å². The quantitative estimate of drug-likeness (QED) is 0.899. The lowest BCUT2D eigenvalue weighted by molar-refractivity contribution is -0.0654. The Labute approximate surface area is 115 Å². The highest BCUT2D eigenvalue weighted by atomic mass is 16.5. The molecule has 2 N–H and O–H groups in total. The van der Waals surface area contributed by atoms with Gasteiger partial charge in [-0.25, -0.2) is 0 Å². The summed E-state index contributed by atoms with van der Waals surface area (Å²) in [5.41, 5.74) is 7.21. The van der Waals surface area contributed by atoms with Gasteiger partial charge in [0.2, 0.25) is 0 Å². The molecule has 0 bridgehead atoms. The molecule has 1 aliphatic heterocycles. The van der Waals surface area contributed by atoms with E-state index < -0.39 is 0 Å². The van der Waals surface area contributed by atoms with Crippen LogP contribution in [-0.4, -0.2) is 46.5 Å². The number of rotatable bonds is 4. The molecule has 2 heterocycles. The first-order valence-electron chi connectivity index (χ1n) is 7.14. The Morgan fingerprint density at radius 3 is 2.79 bits per heavy atom. The lowest BCUT2D eigenvalue weighted by Gasteiger charge is -2.41. The van der Waals surface area contributed by atoms with E-state index in [4.69, 9.17) is 10.5 Å². The van der Waals surface area contributed by atoms with Crippen LogP contribution in [0.5, 0.6) is 0 Å². The molecule has 0 amide bonds. The summed E-state index contributed by atoms with van der Waals surface area (Å²) >= 11 is 0. The lowest BCUT2D eigenvalue weighted by Crippen LogP contribution is -2.50. The molecule has 1 saturated heterocycles. The van der Waals surface area contributed by atoms with E-state index in [0.717, 1.165) is 13.2 Å². The maximum atomic E-state index is 6.01. The van der Waals surface area contributed by atoms with E-state index in [9.17, 15) is 0 Å². The van der Waals surface area contributed by atoms with Crippen molar-refractivity contribution in [2.75, 3.05) is 19.7 Å². The molecular formula is C14H26N4O. The Morgan fingerprint density at radius 2 is 2.21 bits per heavy atom. The third-order valence-corrected chi connectivity index (χ3v) is 3.81. The predicted molar refractivity (Wildman–Crippen MR) is 76.0 cm³/mol. The molecule has 0 aliphatic carbocycles. The maximum absolute atomic E-state index is 6.01. The van der Waals surface area contributed by atoms with Gasteiger partial charge in [0, 0.05) is 36.9 Å². The Bertz CT molecular complexity index is 404. The fraction of sp³-hybridized carbons (Fsp3) is 0.786. The van der Waals surface area contributed by atoms with Crippen LogP contribution in [-0.2, 0) is 4.74 Å². The molecule has 5 nitrogen and oxygen atoms in total. The summed E-state index contributed by atoms with van der Waals surface area (Å²) in [6, 6.07) is 1.01. The summed E-state index contributed by atoms with van der Waals surface area (Å²) in [5, 5.41) is 4.43. The van der Waals surface area contributed by atoms with Gasteiger partial charge in [-0.2, -0.15) is 5.10 Å². The molecule has 3 unspecified atom stereocenters. The fourth-order valence-corrected chi connectivity index (χ4v) is 2.63. The Morgan fingerprint density at radius 1 is 1.47 bits per heavy atom. The van der Waals surface area contributed by atoms with Crippen LogP contribution in [0.15, 0.2) is 12.4 Å². The molecule has 108 valence electrons.